The number of benzene rings is 5. The zero-order valence-electron chi connectivity index (χ0n) is 27.4. The van der Waals surface area contributed by atoms with E-state index in [1.807, 2.05) is 48.5 Å². The zero-order valence-corrected chi connectivity index (χ0v) is 29.0. The second-order valence-electron chi connectivity index (χ2n) is 10.7. The molecule has 5 rings (SSSR count). The quantitative estimate of drug-likeness (QED) is 0.0834. The predicted molar refractivity (Wildman–Crippen MR) is 198 cm³/mol. The van der Waals surface area contributed by atoms with Gasteiger partial charge in [0.15, 0.2) is 0 Å². The topological polar surface area (TPSA) is 115 Å². The Hall–Kier alpha value is -5.71. The summed E-state index contributed by atoms with van der Waals surface area (Å²) in [6.07, 6.45) is 1.59. The number of hydrogen-bond donors (Lipinski definition) is 3. The summed E-state index contributed by atoms with van der Waals surface area (Å²) in [7, 11) is 4.57. The highest BCUT2D eigenvalue weighted by Crippen LogP contribution is 2.40. The van der Waals surface area contributed by atoms with Crippen LogP contribution < -0.4 is 30.2 Å². The van der Waals surface area contributed by atoms with Crippen molar-refractivity contribution in [1.29, 1.82) is 0 Å². The third-order valence-corrected chi connectivity index (χ3v) is 8.96. The first-order valence-electron chi connectivity index (χ1n) is 15.4. The summed E-state index contributed by atoms with van der Waals surface area (Å²) in [6, 6.07) is 35.4. The number of carbonyl (C=O) groups is 3. The fourth-order valence-corrected chi connectivity index (χ4v) is 6.08. The van der Waals surface area contributed by atoms with Crippen molar-refractivity contribution >= 4 is 58.5 Å². The van der Waals surface area contributed by atoms with Crippen LogP contribution in [-0.4, -0.2) is 39.1 Å². The van der Waals surface area contributed by atoms with E-state index in [0.717, 1.165) is 10.5 Å². The highest BCUT2D eigenvalue weighted by Gasteiger charge is 2.24. The van der Waals surface area contributed by atoms with Gasteiger partial charge in [-0.05, 0) is 71.8 Å². The molecule has 0 bridgehead atoms. The minimum atomic E-state index is -0.644. The molecule has 0 aliphatic heterocycles. The van der Waals surface area contributed by atoms with Gasteiger partial charge in [0.25, 0.3) is 11.8 Å². The Morgan fingerprint density at radius 2 is 1.36 bits per heavy atom. The fourth-order valence-electron chi connectivity index (χ4n) is 4.82. The minimum Gasteiger partial charge on any atom is -0.497 e. The average molecular weight is 708 g/mol. The van der Waals surface area contributed by atoms with E-state index in [1.54, 1.807) is 86.0 Å². The van der Waals surface area contributed by atoms with E-state index in [2.05, 4.69) is 16.0 Å². The number of halogens is 1. The third kappa shape index (κ3) is 9.25. The van der Waals surface area contributed by atoms with Gasteiger partial charge in [0.2, 0.25) is 5.91 Å². The summed E-state index contributed by atoms with van der Waals surface area (Å²) in [5, 5.41) is 8.24. The van der Waals surface area contributed by atoms with Gasteiger partial charge in [-0.1, -0.05) is 72.3 Å². The van der Waals surface area contributed by atoms with Crippen LogP contribution in [-0.2, 0) is 9.59 Å². The Morgan fingerprint density at radius 3 is 1.98 bits per heavy atom. The Bertz CT molecular complexity index is 1970. The van der Waals surface area contributed by atoms with Crippen LogP contribution in [0.15, 0.2) is 132 Å². The van der Waals surface area contributed by atoms with Crippen LogP contribution in [0.4, 0.5) is 11.4 Å². The number of hydrogen-bond acceptors (Lipinski definition) is 7. The van der Waals surface area contributed by atoms with Gasteiger partial charge in [0.05, 0.1) is 32.0 Å². The molecule has 0 aliphatic rings. The molecule has 1 atom stereocenters. The number of thioether (sulfide) groups is 1. The maximum Gasteiger partial charge on any atom is 0.272 e. The van der Waals surface area contributed by atoms with Crippen LogP contribution in [0.2, 0.25) is 5.02 Å². The van der Waals surface area contributed by atoms with E-state index >= 15 is 0 Å². The number of methoxy groups -OCH3 is 3. The average Bonchev–Trinajstić information content (AvgIpc) is 3.15. The molecule has 9 nitrogen and oxygen atoms in total. The number of anilines is 2. The SMILES string of the molecule is COc1ccc(/C=C(\NC(=O)c2ccccc2)C(=O)Nc2ccc(SC(C(=O)Nc3cc(Cl)c(OC)cc3OC)c3ccccc3)cc2)cc1. The zero-order chi connectivity index (χ0) is 35.5. The molecule has 0 saturated carbocycles. The lowest BCUT2D eigenvalue weighted by Gasteiger charge is -2.19. The van der Waals surface area contributed by atoms with Crippen LogP contribution in [0.3, 0.4) is 0 Å². The van der Waals surface area contributed by atoms with Crippen LogP contribution in [0.1, 0.15) is 26.7 Å². The van der Waals surface area contributed by atoms with E-state index < -0.39 is 17.1 Å². The third-order valence-electron chi connectivity index (χ3n) is 7.39. The Morgan fingerprint density at radius 1 is 0.720 bits per heavy atom. The largest absolute Gasteiger partial charge is 0.497 e. The Kier molecular flexibility index (Phi) is 12.2. The lowest BCUT2D eigenvalue weighted by molar-refractivity contribution is -0.116. The van der Waals surface area contributed by atoms with E-state index in [9.17, 15) is 14.4 Å². The molecule has 1 unspecified atom stereocenters. The second-order valence-corrected chi connectivity index (χ2v) is 12.3. The molecule has 5 aromatic rings. The molecule has 254 valence electrons. The molecule has 0 aliphatic carbocycles. The first kappa shape index (κ1) is 35.6. The fraction of sp³-hybridized carbons (Fsp3) is 0.103. The summed E-state index contributed by atoms with van der Waals surface area (Å²) >= 11 is 7.68. The van der Waals surface area contributed by atoms with Crippen LogP contribution in [0.25, 0.3) is 6.08 Å². The second kappa shape index (κ2) is 17.1. The van der Waals surface area contributed by atoms with Gasteiger partial charge in [-0.25, -0.2) is 0 Å². The van der Waals surface area contributed by atoms with E-state index in [-0.39, 0.29) is 11.6 Å². The van der Waals surface area contributed by atoms with Crippen molar-refractivity contribution < 1.29 is 28.6 Å². The van der Waals surface area contributed by atoms with Gasteiger partial charge in [-0.3, -0.25) is 14.4 Å². The number of carbonyl (C=O) groups excluding carboxylic acids is 3. The molecule has 0 fully saturated rings. The van der Waals surface area contributed by atoms with Crippen LogP contribution in [0, 0.1) is 0 Å². The van der Waals surface area contributed by atoms with E-state index in [1.165, 1.54) is 26.0 Å². The van der Waals surface area contributed by atoms with Crippen molar-refractivity contribution in [3.63, 3.8) is 0 Å². The summed E-state index contributed by atoms with van der Waals surface area (Å²) in [5.41, 5.74) is 2.84. The summed E-state index contributed by atoms with van der Waals surface area (Å²) in [6.45, 7) is 0. The number of amides is 3. The molecule has 0 saturated heterocycles. The van der Waals surface area contributed by atoms with Gasteiger partial charge < -0.3 is 30.2 Å². The van der Waals surface area contributed by atoms with Crippen molar-refractivity contribution in [2.24, 2.45) is 0 Å². The summed E-state index contributed by atoms with van der Waals surface area (Å²) in [4.78, 5) is 41.1. The van der Waals surface area contributed by atoms with Gasteiger partial charge in [-0.2, -0.15) is 0 Å². The lowest BCUT2D eigenvalue weighted by Crippen LogP contribution is -2.30. The Balaban J connectivity index is 1.34. The monoisotopic (exact) mass is 707 g/mol. The smallest absolute Gasteiger partial charge is 0.272 e. The molecule has 3 N–H and O–H groups in total. The van der Waals surface area contributed by atoms with Crippen molar-refractivity contribution in [1.82, 2.24) is 5.32 Å². The van der Waals surface area contributed by atoms with Gasteiger partial charge in [0.1, 0.15) is 28.2 Å². The molecule has 0 spiro atoms. The van der Waals surface area contributed by atoms with Gasteiger partial charge >= 0.3 is 0 Å². The van der Waals surface area contributed by atoms with Crippen LogP contribution >= 0.6 is 23.4 Å². The van der Waals surface area contributed by atoms with Crippen molar-refractivity contribution in [3.05, 3.63) is 149 Å². The molecule has 0 radical (unpaired) electrons. The normalized spacial score (nSPS) is 11.6. The highest BCUT2D eigenvalue weighted by atomic mass is 35.5. The first-order chi connectivity index (χ1) is 24.3. The lowest BCUT2D eigenvalue weighted by atomic mass is 10.1. The molecular formula is C39H34ClN3O6S. The maximum atomic E-state index is 13.7. The number of nitrogens with one attached hydrogen (secondary N) is 3. The van der Waals surface area contributed by atoms with Gasteiger partial charge in [-0.15, -0.1) is 11.8 Å². The summed E-state index contributed by atoms with van der Waals surface area (Å²) < 4.78 is 16.0. The van der Waals surface area contributed by atoms with Crippen molar-refractivity contribution in [2.45, 2.75) is 10.1 Å². The van der Waals surface area contributed by atoms with Crippen LogP contribution in [0.5, 0.6) is 17.2 Å². The first-order valence-corrected chi connectivity index (χ1v) is 16.6. The number of rotatable bonds is 13. The van der Waals surface area contributed by atoms with Gasteiger partial charge in [0, 0.05) is 22.2 Å². The highest BCUT2D eigenvalue weighted by molar-refractivity contribution is 8.00. The molecule has 0 aromatic heterocycles. The summed E-state index contributed by atoms with van der Waals surface area (Å²) in [5.74, 6) is 0.254. The minimum absolute atomic E-state index is 0.0531. The molecular weight excluding hydrogens is 674 g/mol. The van der Waals surface area contributed by atoms with E-state index in [0.29, 0.717) is 44.8 Å². The molecule has 50 heavy (non-hydrogen) atoms. The standard InChI is InChI=1S/C39H34ClN3O6S/c1-47-29-18-14-25(15-19-29)22-33(43-37(44)27-12-8-5-9-13-27)38(45)41-28-16-20-30(21-17-28)50-36(26-10-6-4-7-11-26)39(46)42-32-23-31(40)34(48-2)24-35(32)49-3/h4-24,36H,1-3H3,(H,41,45)(H,42,46)(H,43,44)/b33-22-. The Labute approximate surface area is 299 Å². The van der Waals surface area contributed by atoms with E-state index in [4.69, 9.17) is 25.8 Å². The number of ether oxygens (including phenoxy) is 3. The molecule has 5 aromatic carbocycles. The van der Waals surface area contributed by atoms with Crippen molar-refractivity contribution in [3.8, 4) is 17.2 Å². The maximum absolute atomic E-state index is 13.7. The van der Waals surface area contributed by atoms with Crippen molar-refractivity contribution in [2.75, 3.05) is 32.0 Å². The molecule has 11 heteroatoms. The predicted octanol–water partition coefficient (Wildman–Crippen LogP) is 8.25. The molecule has 3 amide bonds. The molecule has 0 heterocycles.